The Hall–Kier alpha value is -0.890. The van der Waals surface area contributed by atoms with Crippen molar-refractivity contribution >= 4 is 0 Å². The van der Waals surface area contributed by atoms with E-state index in [2.05, 4.69) is 35.1 Å². The summed E-state index contributed by atoms with van der Waals surface area (Å²) in [5.41, 5.74) is 3.03. The second-order valence-electron chi connectivity index (χ2n) is 5.45. The van der Waals surface area contributed by atoms with E-state index in [0.717, 1.165) is 5.69 Å². The van der Waals surface area contributed by atoms with Gasteiger partial charge in [-0.1, -0.05) is 6.07 Å². The zero-order valence-corrected chi connectivity index (χ0v) is 10.1. The molecule has 1 aromatic rings. The second-order valence-corrected chi connectivity index (χ2v) is 5.45. The topological polar surface area (TPSA) is 16.1 Å². The highest BCUT2D eigenvalue weighted by atomic mass is 15.1. The van der Waals surface area contributed by atoms with Crippen LogP contribution in [0.3, 0.4) is 0 Å². The fourth-order valence-electron chi connectivity index (χ4n) is 3.42. The molecule has 2 bridgehead atoms. The fourth-order valence-corrected chi connectivity index (χ4v) is 3.42. The first-order chi connectivity index (χ1) is 7.78. The lowest BCUT2D eigenvalue weighted by atomic mass is 9.69. The highest BCUT2D eigenvalue weighted by Crippen LogP contribution is 2.40. The van der Waals surface area contributed by atoms with E-state index in [0.29, 0.717) is 5.41 Å². The van der Waals surface area contributed by atoms with Crippen molar-refractivity contribution in [1.29, 1.82) is 0 Å². The van der Waals surface area contributed by atoms with Crippen molar-refractivity contribution in [2.24, 2.45) is 0 Å². The standard InChI is InChI=1S/C14H20N2/c1-12-4-5-13(10-15-12)14-6-2-8-16(11-14)9-3-7-14/h4-5,10H,2-3,6-9,11H2,1H3. The van der Waals surface area contributed by atoms with E-state index in [-0.39, 0.29) is 0 Å². The van der Waals surface area contributed by atoms with Gasteiger partial charge in [-0.3, -0.25) is 4.98 Å². The minimum Gasteiger partial charge on any atom is -0.302 e. The Morgan fingerprint density at radius 1 is 1.19 bits per heavy atom. The number of hydrogen-bond donors (Lipinski definition) is 0. The molecule has 2 fully saturated rings. The van der Waals surface area contributed by atoms with E-state index in [1.807, 2.05) is 0 Å². The molecular formula is C14H20N2. The van der Waals surface area contributed by atoms with Gasteiger partial charge in [-0.05, 0) is 57.3 Å². The molecule has 0 spiro atoms. The molecule has 0 N–H and O–H groups in total. The van der Waals surface area contributed by atoms with Crippen LogP contribution in [0.15, 0.2) is 18.3 Å². The van der Waals surface area contributed by atoms with E-state index >= 15 is 0 Å². The van der Waals surface area contributed by atoms with Crippen LogP contribution in [0.1, 0.15) is 36.9 Å². The zero-order valence-electron chi connectivity index (χ0n) is 10.1. The van der Waals surface area contributed by atoms with E-state index in [4.69, 9.17) is 0 Å². The number of aromatic nitrogens is 1. The summed E-state index contributed by atoms with van der Waals surface area (Å²) >= 11 is 0. The first kappa shape index (κ1) is 10.3. The van der Waals surface area contributed by atoms with Gasteiger partial charge in [0.25, 0.3) is 0 Å². The third-order valence-electron chi connectivity index (χ3n) is 4.31. The van der Waals surface area contributed by atoms with Crippen LogP contribution >= 0.6 is 0 Å². The smallest absolute Gasteiger partial charge is 0.0372 e. The van der Waals surface area contributed by atoms with Gasteiger partial charge in [0.05, 0.1) is 0 Å². The summed E-state index contributed by atoms with van der Waals surface area (Å²) in [4.78, 5) is 7.11. The number of rotatable bonds is 1. The second kappa shape index (κ2) is 3.85. The summed E-state index contributed by atoms with van der Waals surface area (Å²) in [6.07, 6.45) is 7.54. The first-order valence-electron chi connectivity index (χ1n) is 6.44. The summed E-state index contributed by atoms with van der Waals surface area (Å²) in [6, 6.07) is 4.47. The molecule has 3 rings (SSSR count). The largest absolute Gasteiger partial charge is 0.302 e. The summed E-state index contributed by atoms with van der Waals surface area (Å²) in [5.74, 6) is 0. The molecule has 2 aliphatic heterocycles. The number of pyridine rings is 1. The number of piperidine rings is 2. The van der Waals surface area contributed by atoms with Crippen LogP contribution in [0.2, 0.25) is 0 Å². The third-order valence-corrected chi connectivity index (χ3v) is 4.31. The van der Waals surface area contributed by atoms with Gasteiger partial charge in [-0.25, -0.2) is 0 Å². The lowest BCUT2D eigenvalue weighted by molar-refractivity contribution is 0.0940. The Bertz CT molecular complexity index is 359. The predicted molar refractivity (Wildman–Crippen MR) is 65.6 cm³/mol. The molecule has 16 heavy (non-hydrogen) atoms. The fraction of sp³-hybridized carbons (Fsp3) is 0.643. The molecule has 0 saturated carbocycles. The predicted octanol–water partition coefficient (Wildman–Crippen LogP) is 2.52. The molecule has 1 aromatic heterocycles. The van der Waals surface area contributed by atoms with Crippen LogP contribution in [0.25, 0.3) is 0 Å². The summed E-state index contributed by atoms with van der Waals surface area (Å²) in [6.45, 7) is 5.94. The highest BCUT2D eigenvalue weighted by Gasteiger charge is 2.39. The van der Waals surface area contributed by atoms with Crippen LogP contribution in [0.5, 0.6) is 0 Å². The van der Waals surface area contributed by atoms with Crippen molar-refractivity contribution < 1.29 is 0 Å². The zero-order chi connectivity index (χ0) is 11.0. The van der Waals surface area contributed by atoms with Crippen molar-refractivity contribution in [3.05, 3.63) is 29.6 Å². The molecular weight excluding hydrogens is 196 g/mol. The number of nitrogens with zero attached hydrogens (tertiary/aromatic N) is 2. The van der Waals surface area contributed by atoms with Crippen molar-refractivity contribution in [3.63, 3.8) is 0 Å². The molecule has 0 unspecified atom stereocenters. The monoisotopic (exact) mass is 216 g/mol. The Morgan fingerprint density at radius 3 is 2.56 bits per heavy atom. The molecule has 0 aromatic carbocycles. The number of fused-ring (bicyclic) bond motifs is 2. The average molecular weight is 216 g/mol. The Labute approximate surface area is 97.7 Å². The summed E-state index contributed by atoms with van der Waals surface area (Å²) in [7, 11) is 0. The summed E-state index contributed by atoms with van der Waals surface area (Å²) < 4.78 is 0. The Balaban J connectivity index is 1.93. The molecule has 2 saturated heterocycles. The van der Waals surface area contributed by atoms with Crippen LogP contribution in [-0.2, 0) is 5.41 Å². The highest BCUT2D eigenvalue weighted by molar-refractivity contribution is 5.26. The van der Waals surface area contributed by atoms with Crippen molar-refractivity contribution in [2.45, 2.75) is 38.0 Å². The Kier molecular flexibility index (Phi) is 2.47. The molecule has 3 heterocycles. The van der Waals surface area contributed by atoms with Crippen molar-refractivity contribution in [2.75, 3.05) is 19.6 Å². The van der Waals surface area contributed by atoms with Crippen molar-refractivity contribution in [3.8, 4) is 0 Å². The van der Waals surface area contributed by atoms with E-state index in [1.165, 1.54) is 50.9 Å². The molecule has 2 nitrogen and oxygen atoms in total. The van der Waals surface area contributed by atoms with Gasteiger partial charge in [0.1, 0.15) is 0 Å². The van der Waals surface area contributed by atoms with Gasteiger partial charge in [-0.15, -0.1) is 0 Å². The number of aryl methyl sites for hydroxylation is 1. The molecule has 0 amide bonds. The van der Waals surface area contributed by atoms with E-state index in [1.54, 1.807) is 0 Å². The lowest BCUT2D eigenvalue weighted by Gasteiger charge is -2.47. The molecule has 0 radical (unpaired) electrons. The minimum atomic E-state index is 0.428. The van der Waals surface area contributed by atoms with Crippen LogP contribution in [0.4, 0.5) is 0 Å². The quantitative estimate of drug-likeness (QED) is 0.717. The van der Waals surface area contributed by atoms with E-state index < -0.39 is 0 Å². The lowest BCUT2D eigenvalue weighted by Crippen LogP contribution is -2.50. The maximum absolute atomic E-state index is 4.48. The van der Waals surface area contributed by atoms with Gasteiger partial charge in [0.2, 0.25) is 0 Å². The maximum atomic E-state index is 4.48. The van der Waals surface area contributed by atoms with Gasteiger partial charge in [-0.2, -0.15) is 0 Å². The Morgan fingerprint density at radius 2 is 1.94 bits per heavy atom. The average Bonchev–Trinajstić information content (AvgIpc) is 2.30. The van der Waals surface area contributed by atoms with Crippen LogP contribution < -0.4 is 0 Å². The number of hydrogen-bond acceptors (Lipinski definition) is 2. The molecule has 0 atom stereocenters. The molecule has 0 aliphatic carbocycles. The van der Waals surface area contributed by atoms with Crippen molar-refractivity contribution in [1.82, 2.24) is 9.88 Å². The molecule has 2 aliphatic rings. The normalized spacial score (nSPS) is 33.7. The van der Waals surface area contributed by atoms with E-state index in [9.17, 15) is 0 Å². The third kappa shape index (κ3) is 1.65. The van der Waals surface area contributed by atoms with Gasteiger partial charge < -0.3 is 4.90 Å². The van der Waals surface area contributed by atoms with Crippen LogP contribution in [-0.4, -0.2) is 29.5 Å². The van der Waals surface area contributed by atoms with Crippen LogP contribution in [0, 0.1) is 6.92 Å². The maximum Gasteiger partial charge on any atom is 0.0372 e. The SMILES string of the molecule is Cc1ccc(C23CCCN(CCC2)C3)cn1. The molecule has 2 heteroatoms. The summed E-state index contributed by atoms with van der Waals surface area (Å²) in [5, 5.41) is 0. The van der Waals surface area contributed by atoms with Gasteiger partial charge in [0.15, 0.2) is 0 Å². The minimum absolute atomic E-state index is 0.428. The van der Waals surface area contributed by atoms with Gasteiger partial charge in [0, 0.05) is 23.9 Å². The van der Waals surface area contributed by atoms with Gasteiger partial charge >= 0.3 is 0 Å². The molecule has 86 valence electrons. The first-order valence-corrected chi connectivity index (χ1v) is 6.44.